The van der Waals surface area contributed by atoms with Gasteiger partial charge in [0.05, 0.1) is 32.6 Å². The Labute approximate surface area is 174 Å². The molecule has 0 unspecified atom stereocenters. The number of ketones is 1. The van der Waals surface area contributed by atoms with Gasteiger partial charge in [0.15, 0.2) is 17.3 Å². The molecule has 1 spiro atoms. The van der Waals surface area contributed by atoms with Gasteiger partial charge in [0.1, 0.15) is 11.4 Å². The van der Waals surface area contributed by atoms with Crippen LogP contribution in [0.1, 0.15) is 35.2 Å². The summed E-state index contributed by atoms with van der Waals surface area (Å²) in [6.45, 7) is 0.990. The molecule has 0 radical (unpaired) electrons. The zero-order valence-corrected chi connectivity index (χ0v) is 17.1. The molecule has 2 heterocycles. The molecule has 0 N–H and O–H groups in total. The number of methoxy groups -OCH3 is 2. The van der Waals surface area contributed by atoms with E-state index < -0.39 is 5.60 Å². The van der Waals surface area contributed by atoms with E-state index in [1.807, 2.05) is 0 Å². The highest BCUT2D eigenvalue weighted by molar-refractivity contribution is 6.01. The van der Waals surface area contributed by atoms with Crippen molar-refractivity contribution >= 4 is 11.7 Å². The summed E-state index contributed by atoms with van der Waals surface area (Å²) in [5.74, 6) is 1.00. The summed E-state index contributed by atoms with van der Waals surface area (Å²) in [4.78, 5) is 27.3. The van der Waals surface area contributed by atoms with Crippen molar-refractivity contribution in [2.45, 2.75) is 31.3 Å². The maximum Gasteiger partial charge on any atom is 0.226 e. The number of carbonyl (C=O) groups is 2. The van der Waals surface area contributed by atoms with Gasteiger partial charge in [-0.3, -0.25) is 9.59 Å². The van der Waals surface area contributed by atoms with Crippen LogP contribution >= 0.6 is 0 Å². The Bertz CT molecular complexity index is 964. The SMILES string of the molecule is COc1ccc2c(c1OC)OC1(CCN(C(=O)Cc3ccc(F)cc3)CC1)CC2=O. The topological polar surface area (TPSA) is 65.1 Å². The van der Waals surface area contributed by atoms with Crippen LogP contribution in [0.3, 0.4) is 0 Å². The van der Waals surface area contributed by atoms with Gasteiger partial charge >= 0.3 is 0 Å². The first-order chi connectivity index (χ1) is 14.4. The number of likely N-dealkylation sites (tertiary alicyclic amines) is 1. The fourth-order valence-electron chi connectivity index (χ4n) is 4.19. The van der Waals surface area contributed by atoms with E-state index in [0.717, 1.165) is 5.56 Å². The molecule has 2 aliphatic rings. The molecule has 7 heteroatoms. The molecule has 0 bridgehead atoms. The number of carbonyl (C=O) groups excluding carboxylic acids is 2. The molecule has 2 aliphatic heterocycles. The zero-order chi connectivity index (χ0) is 21.3. The third-order valence-corrected chi connectivity index (χ3v) is 5.90. The van der Waals surface area contributed by atoms with Crippen LogP contribution < -0.4 is 14.2 Å². The van der Waals surface area contributed by atoms with E-state index in [2.05, 4.69) is 0 Å². The number of piperidine rings is 1. The third-order valence-electron chi connectivity index (χ3n) is 5.90. The summed E-state index contributed by atoms with van der Waals surface area (Å²) in [6.07, 6.45) is 1.60. The van der Waals surface area contributed by atoms with E-state index in [0.29, 0.717) is 48.7 Å². The molecule has 0 aliphatic carbocycles. The molecule has 1 saturated heterocycles. The minimum Gasteiger partial charge on any atom is -0.493 e. The maximum absolute atomic E-state index is 13.1. The smallest absolute Gasteiger partial charge is 0.226 e. The number of hydrogen-bond acceptors (Lipinski definition) is 5. The van der Waals surface area contributed by atoms with Gasteiger partial charge in [-0.2, -0.15) is 0 Å². The summed E-state index contributed by atoms with van der Waals surface area (Å²) >= 11 is 0. The van der Waals surface area contributed by atoms with Crippen molar-refractivity contribution in [3.05, 3.63) is 53.3 Å². The Kier molecular flexibility index (Phi) is 5.37. The van der Waals surface area contributed by atoms with Crippen LogP contribution in [0.2, 0.25) is 0 Å². The minimum atomic E-state index is -0.656. The molecular formula is C23H24FNO5. The molecule has 158 valence electrons. The first kappa shape index (κ1) is 20.2. The lowest BCUT2D eigenvalue weighted by Gasteiger charge is -2.44. The fraction of sp³-hybridized carbons (Fsp3) is 0.391. The number of nitrogens with zero attached hydrogens (tertiary/aromatic N) is 1. The number of fused-ring (bicyclic) bond motifs is 1. The first-order valence-corrected chi connectivity index (χ1v) is 9.94. The summed E-state index contributed by atoms with van der Waals surface area (Å²) < 4.78 is 30.2. The van der Waals surface area contributed by atoms with Gasteiger partial charge in [0.2, 0.25) is 11.7 Å². The average molecular weight is 413 g/mol. The predicted octanol–water partition coefficient (Wildman–Crippen LogP) is 3.41. The van der Waals surface area contributed by atoms with Crippen LogP contribution in [-0.2, 0) is 11.2 Å². The number of ether oxygens (including phenoxy) is 3. The maximum atomic E-state index is 13.1. The number of amides is 1. The number of halogens is 1. The van der Waals surface area contributed by atoms with Crippen LogP contribution in [0.25, 0.3) is 0 Å². The second-order valence-corrected chi connectivity index (χ2v) is 7.75. The van der Waals surface area contributed by atoms with Gasteiger partial charge < -0.3 is 19.1 Å². The monoisotopic (exact) mass is 413 g/mol. The van der Waals surface area contributed by atoms with Crippen LogP contribution in [0, 0.1) is 5.82 Å². The van der Waals surface area contributed by atoms with E-state index in [4.69, 9.17) is 14.2 Å². The second-order valence-electron chi connectivity index (χ2n) is 7.75. The van der Waals surface area contributed by atoms with Crippen molar-refractivity contribution in [1.82, 2.24) is 4.90 Å². The van der Waals surface area contributed by atoms with Crippen molar-refractivity contribution in [2.75, 3.05) is 27.3 Å². The Balaban J connectivity index is 1.47. The van der Waals surface area contributed by atoms with Crippen molar-refractivity contribution < 1.29 is 28.2 Å². The van der Waals surface area contributed by atoms with Crippen molar-refractivity contribution in [2.24, 2.45) is 0 Å². The van der Waals surface area contributed by atoms with Gasteiger partial charge in [0.25, 0.3) is 0 Å². The van der Waals surface area contributed by atoms with Crippen LogP contribution in [0.15, 0.2) is 36.4 Å². The van der Waals surface area contributed by atoms with Gasteiger partial charge in [-0.15, -0.1) is 0 Å². The fourth-order valence-corrected chi connectivity index (χ4v) is 4.19. The van der Waals surface area contributed by atoms with E-state index in [1.54, 1.807) is 29.2 Å². The molecule has 1 amide bonds. The predicted molar refractivity (Wildman–Crippen MR) is 108 cm³/mol. The molecule has 6 nitrogen and oxygen atoms in total. The standard InChI is InChI=1S/C23H24FNO5/c1-28-19-8-7-17-18(26)14-23(30-21(17)22(19)29-2)9-11-25(12-10-23)20(27)13-15-3-5-16(24)6-4-15/h3-8H,9-14H2,1-2H3. The molecular weight excluding hydrogens is 389 g/mol. The van der Waals surface area contributed by atoms with Crippen LogP contribution in [0.4, 0.5) is 4.39 Å². The lowest BCUT2D eigenvalue weighted by atomic mass is 9.82. The van der Waals surface area contributed by atoms with Gasteiger partial charge in [0, 0.05) is 25.9 Å². The summed E-state index contributed by atoms with van der Waals surface area (Å²) in [7, 11) is 3.06. The molecule has 2 aromatic rings. The molecule has 1 fully saturated rings. The molecule has 0 aromatic heterocycles. The second kappa shape index (κ2) is 7.97. The molecule has 0 saturated carbocycles. The van der Waals surface area contributed by atoms with E-state index in [-0.39, 0.29) is 30.3 Å². The van der Waals surface area contributed by atoms with Crippen LogP contribution in [-0.4, -0.2) is 49.5 Å². The van der Waals surface area contributed by atoms with Gasteiger partial charge in [-0.25, -0.2) is 4.39 Å². The summed E-state index contributed by atoms with van der Waals surface area (Å²) in [5.41, 5.74) is 0.612. The average Bonchev–Trinajstić information content (AvgIpc) is 2.75. The highest BCUT2D eigenvalue weighted by Crippen LogP contribution is 2.47. The number of rotatable bonds is 4. The van der Waals surface area contributed by atoms with Gasteiger partial charge in [-0.1, -0.05) is 12.1 Å². The van der Waals surface area contributed by atoms with Crippen molar-refractivity contribution in [3.8, 4) is 17.2 Å². The molecule has 4 rings (SSSR count). The van der Waals surface area contributed by atoms with Crippen molar-refractivity contribution in [3.63, 3.8) is 0 Å². The summed E-state index contributed by atoms with van der Waals surface area (Å²) in [5, 5.41) is 0. The Hall–Kier alpha value is -3.09. The number of Topliss-reactive ketones (excluding diaryl/α,β-unsaturated/α-hetero) is 1. The Morgan fingerprint density at radius 2 is 1.80 bits per heavy atom. The van der Waals surface area contributed by atoms with E-state index in [9.17, 15) is 14.0 Å². The van der Waals surface area contributed by atoms with Gasteiger partial charge in [-0.05, 0) is 29.8 Å². The molecule has 2 aromatic carbocycles. The normalized spacial score (nSPS) is 17.3. The lowest BCUT2D eigenvalue weighted by Crippen LogP contribution is -2.52. The lowest BCUT2D eigenvalue weighted by molar-refractivity contribution is -0.134. The van der Waals surface area contributed by atoms with Crippen LogP contribution in [0.5, 0.6) is 17.2 Å². The van der Waals surface area contributed by atoms with Crippen molar-refractivity contribution in [1.29, 1.82) is 0 Å². The zero-order valence-electron chi connectivity index (χ0n) is 17.1. The molecule has 0 atom stereocenters. The Morgan fingerprint density at radius 1 is 1.10 bits per heavy atom. The van der Waals surface area contributed by atoms with E-state index in [1.165, 1.54) is 26.4 Å². The minimum absolute atomic E-state index is 0.00305. The third kappa shape index (κ3) is 3.72. The number of hydrogen-bond donors (Lipinski definition) is 0. The quantitative estimate of drug-likeness (QED) is 0.769. The first-order valence-electron chi connectivity index (χ1n) is 9.94. The highest BCUT2D eigenvalue weighted by Gasteiger charge is 2.45. The number of benzene rings is 2. The largest absolute Gasteiger partial charge is 0.493 e. The highest BCUT2D eigenvalue weighted by atomic mass is 19.1. The summed E-state index contributed by atoms with van der Waals surface area (Å²) in [6, 6.07) is 9.36. The molecule has 30 heavy (non-hydrogen) atoms. The Morgan fingerprint density at radius 3 is 2.43 bits per heavy atom. The van der Waals surface area contributed by atoms with E-state index >= 15 is 0 Å².